The summed E-state index contributed by atoms with van der Waals surface area (Å²) in [6.07, 6.45) is 1.59. The van der Waals surface area contributed by atoms with Gasteiger partial charge < -0.3 is 9.64 Å². The molecule has 0 N–H and O–H groups in total. The lowest BCUT2D eigenvalue weighted by Gasteiger charge is -2.25. The number of carbonyl (C=O) groups is 2. The predicted molar refractivity (Wildman–Crippen MR) is 76.4 cm³/mol. The number of ether oxygens (including phenoxy) is 1. The molecule has 1 aliphatic rings. The lowest BCUT2D eigenvalue weighted by Crippen LogP contribution is -2.29. The minimum absolute atomic E-state index is 0.0218. The van der Waals surface area contributed by atoms with Gasteiger partial charge in [0.05, 0.1) is 13.2 Å². The van der Waals surface area contributed by atoms with Crippen molar-refractivity contribution in [1.82, 2.24) is 4.90 Å². The summed E-state index contributed by atoms with van der Waals surface area (Å²) >= 11 is 0. The third-order valence-corrected chi connectivity index (χ3v) is 3.83. The second kappa shape index (κ2) is 5.90. The zero-order valence-electron chi connectivity index (χ0n) is 11.8. The number of hydrogen-bond donors (Lipinski definition) is 0. The molecule has 2 atom stereocenters. The Morgan fingerprint density at radius 1 is 1.45 bits per heavy atom. The lowest BCUT2D eigenvalue weighted by molar-refractivity contribution is -0.129. The van der Waals surface area contributed by atoms with Crippen molar-refractivity contribution in [3.05, 3.63) is 42.5 Å². The topological polar surface area (TPSA) is 46.6 Å². The van der Waals surface area contributed by atoms with Crippen molar-refractivity contribution in [2.75, 3.05) is 13.7 Å². The van der Waals surface area contributed by atoms with Gasteiger partial charge in [-0.25, -0.2) is 0 Å². The maximum absolute atomic E-state index is 12.1. The molecule has 106 valence electrons. The van der Waals surface area contributed by atoms with E-state index in [1.807, 2.05) is 31.2 Å². The van der Waals surface area contributed by atoms with Crippen LogP contribution in [0.2, 0.25) is 0 Å². The number of hydrogen-bond acceptors (Lipinski definition) is 3. The van der Waals surface area contributed by atoms with E-state index in [1.165, 1.54) is 6.08 Å². The fourth-order valence-electron chi connectivity index (χ4n) is 2.53. The molecule has 1 amide bonds. The molecule has 1 aromatic carbocycles. The molecule has 4 nitrogen and oxygen atoms in total. The third-order valence-electron chi connectivity index (χ3n) is 3.83. The summed E-state index contributed by atoms with van der Waals surface area (Å²) in [5.74, 6) is 0.505. The average molecular weight is 273 g/mol. The average Bonchev–Trinajstić information content (AvgIpc) is 2.87. The Labute approximate surface area is 119 Å². The largest absolute Gasteiger partial charge is 0.497 e. The molecule has 2 rings (SSSR count). The Morgan fingerprint density at radius 3 is 2.65 bits per heavy atom. The summed E-state index contributed by atoms with van der Waals surface area (Å²) in [7, 11) is 1.62. The van der Waals surface area contributed by atoms with Gasteiger partial charge >= 0.3 is 0 Å². The molecule has 0 saturated carbocycles. The number of likely N-dealkylation sites (tertiary alicyclic amines) is 1. The van der Waals surface area contributed by atoms with E-state index in [0.29, 0.717) is 6.54 Å². The Morgan fingerprint density at radius 2 is 2.10 bits per heavy atom. The quantitative estimate of drug-likeness (QED) is 0.774. The first-order chi connectivity index (χ1) is 9.56. The highest BCUT2D eigenvalue weighted by Crippen LogP contribution is 2.29. The van der Waals surface area contributed by atoms with Gasteiger partial charge in [0.25, 0.3) is 0 Å². The van der Waals surface area contributed by atoms with E-state index in [1.54, 1.807) is 12.0 Å². The molecule has 20 heavy (non-hydrogen) atoms. The second-order valence-corrected chi connectivity index (χ2v) is 5.00. The fourth-order valence-corrected chi connectivity index (χ4v) is 2.53. The van der Waals surface area contributed by atoms with Crippen LogP contribution in [-0.4, -0.2) is 30.2 Å². The minimum atomic E-state index is -0.249. The van der Waals surface area contributed by atoms with Crippen molar-refractivity contribution in [2.24, 2.45) is 5.92 Å². The van der Waals surface area contributed by atoms with E-state index < -0.39 is 0 Å². The molecular formula is C16H19NO3. The summed E-state index contributed by atoms with van der Waals surface area (Å²) in [4.78, 5) is 25.4. The summed E-state index contributed by atoms with van der Waals surface area (Å²) in [6, 6.07) is 7.59. The van der Waals surface area contributed by atoms with Gasteiger partial charge in [0.2, 0.25) is 5.91 Å². The number of amides is 1. The molecule has 1 saturated heterocycles. The Bertz CT molecular complexity index is 521. The van der Waals surface area contributed by atoms with Crippen LogP contribution < -0.4 is 4.74 Å². The lowest BCUT2D eigenvalue weighted by atomic mass is 10.0. The van der Waals surface area contributed by atoms with Crippen molar-refractivity contribution >= 4 is 11.7 Å². The molecule has 0 spiro atoms. The van der Waals surface area contributed by atoms with Crippen molar-refractivity contribution < 1.29 is 14.3 Å². The molecule has 1 unspecified atom stereocenters. The van der Waals surface area contributed by atoms with Gasteiger partial charge in [-0.05, 0) is 30.7 Å². The van der Waals surface area contributed by atoms with Gasteiger partial charge in [0.1, 0.15) is 5.75 Å². The van der Waals surface area contributed by atoms with E-state index in [9.17, 15) is 9.59 Å². The minimum Gasteiger partial charge on any atom is -0.497 e. The van der Waals surface area contributed by atoms with Crippen molar-refractivity contribution in [3.8, 4) is 5.75 Å². The third kappa shape index (κ3) is 2.74. The molecule has 0 radical (unpaired) electrons. The predicted octanol–water partition coefficient (Wildman–Crippen LogP) is 2.36. The monoisotopic (exact) mass is 273 g/mol. The fraction of sp³-hybridized carbons (Fsp3) is 0.375. The summed E-state index contributed by atoms with van der Waals surface area (Å²) < 4.78 is 5.12. The number of rotatable bonds is 5. The normalized spacial score (nSPS) is 19.8. The summed E-state index contributed by atoms with van der Waals surface area (Å²) in [5.41, 5.74) is 1.03. The highest BCUT2D eigenvalue weighted by atomic mass is 16.5. The van der Waals surface area contributed by atoms with Gasteiger partial charge in [-0.15, -0.1) is 0 Å². The Hall–Kier alpha value is -2.10. The Kier molecular flexibility index (Phi) is 4.23. The SMILES string of the molecule is C=CC(=O)C1CC(=O)N([C@H](C)c2ccc(OC)cc2)C1. The number of benzene rings is 1. The molecular weight excluding hydrogens is 254 g/mol. The second-order valence-electron chi connectivity index (χ2n) is 5.00. The first-order valence-electron chi connectivity index (χ1n) is 6.66. The maximum Gasteiger partial charge on any atom is 0.223 e. The van der Waals surface area contributed by atoms with Gasteiger partial charge in [0, 0.05) is 18.9 Å². The molecule has 1 aliphatic heterocycles. The van der Waals surface area contributed by atoms with Crippen LogP contribution in [0.4, 0.5) is 0 Å². The van der Waals surface area contributed by atoms with E-state index in [0.717, 1.165) is 11.3 Å². The van der Waals surface area contributed by atoms with Gasteiger partial charge in [-0.1, -0.05) is 18.7 Å². The molecule has 4 heteroatoms. The van der Waals surface area contributed by atoms with Crippen LogP contribution in [0, 0.1) is 5.92 Å². The van der Waals surface area contributed by atoms with Crippen LogP contribution in [-0.2, 0) is 9.59 Å². The van der Waals surface area contributed by atoms with Crippen molar-refractivity contribution in [3.63, 3.8) is 0 Å². The molecule has 1 heterocycles. The zero-order valence-corrected chi connectivity index (χ0v) is 11.8. The highest BCUT2D eigenvalue weighted by molar-refractivity contribution is 5.96. The van der Waals surface area contributed by atoms with Crippen LogP contribution in [0.5, 0.6) is 5.75 Å². The molecule has 0 bridgehead atoms. The van der Waals surface area contributed by atoms with Crippen molar-refractivity contribution in [2.45, 2.75) is 19.4 Å². The first kappa shape index (κ1) is 14.3. The van der Waals surface area contributed by atoms with Crippen molar-refractivity contribution in [1.29, 1.82) is 0 Å². The number of carbonyl (C=O) groups excluding carboxylic acids is 2. The maximum atomic E-state index is 12.1. The molecule has 1 fully saturated rings. The first-order valence-corrected chi connectivity index (χ1v) is 6.66. The Balaban J connectivity index is 2.12. The molecule has 1 aromatic rings. The number of nitrogens with zero attached hydrogens (tertiary/aromatic N) is 1. The van der Waals surface area contributed by atoms with E-state index in [-0.39, 0.29) is 30.1 Å². The van der Waals surface area contributed by atoms with E-state index >= 15 is 0 Å². The number of allylic oxidation sites excluding steroid dienone is 1. The van der Waals surface area contributed by atoms with Gasteiger partial charge in [-0.2, -0.15) is 0 Å². The van der Waals surface area contributed by atoms with Gasteiger partial charge in [0.15, 0.2) is 5.78 Å². The molecule has 0 aliphatic carbocycles. The van der Waals surface area contributed by atoms with E-state index in [4.69, 9.17) is 4.74 Å². The zero-order chi connectivity index (χ0) is 14.7. The van der Waals surface area contributed by atoms with Crippen LogP contribution in [0.3, 0.4) is 0 Å². The standard InChI is InChI=1S/C16H19NO3/c1-4-15(18)13-9-16(19)17(10-13)11(2)12-5-7-14(20-3)8-6-12/h4-8,11,13H,1,9-10H2,2-3H3/t11-,13?/m1/s1. The van der Waals surface area contributed by atoms with Crippen LogP contribution >= 0.6 is 0 Å². The van der Waals surface area contributed by atoms with Crippen LogP contribution in [0.25, 0.3) is 0 Å². The van der Waals surface area contributed by atoms with Crippen LogP contribution in [0.1, 0.15) is 24.9 Å². The number of ketones is 1. The summed E-state index contributed by atoms with van der Waals surface area (Å²) in [6.45, 7) is 5.93. The van der Waals surface area contributed by atoms with Crippen LogP contribution in [0.15, 0.2) is 36.9 Å². The number of methoxy groups -OCH3 is 1. The van der Waals surface area contributed by atoms with Gasteiger partial charge in [-0.3, -0.25) is 9.59 Å². The molecule has 0 aromatic heterocycles. The summed E-state index contributed by atoms with van der Waals surface area (Å²) in [5, 5.41) is 0. The smallest absolute Gasteiger partial charge is 0.223 e. The highest BCUT2D eigenvalue weighted by Gasteiger charge is 2.35. The van der Waals surface area contributed by atoms with E-state index in [2.05, 4.69) is 6.58 Å².